The van der Waals surface area contributed by atoms with Crippen molar-refractivity contribution in [3.8, 4) is 5.75 Å². The zero-order valence-electron chi connectivity index (χ0n) is 14.6. The molecule has 0 saturated carbocycles. The summed E-state index contributed by atoms with van der Waals surface area (Å²) in [6, 6.07) is 11.8. The quantitative estimate of drug-likeness (QED) is 0.610. The number of carbonyl (C=O) groups excluding carboxylic acids is 1. The highest BCUT2D eigenvalue weighted by molar-refractivity contribution is 8.00. The van der Waals surface area contributed by atoms with Crippen LogP contribution in [0.25, 0.3) is 10.9 Å². The third kappa shape index (κ3) is 4.40. The van der Waals surface area contributed by atoms with Gasteiger partial charge in [0.2, 0.25) is 5.91 Å². The number of anilines is 1. The van der Waals surface area contributed by atoms with Gasteiger partial charge in [0.25, 0.3) is 5.56 Å². The molecule has 1 aromatic heterocycles. The molecular weight excluding hydrogens is 407 g/mol. The number of benzene rings is 2. The Morgan fingerprint density at radius 1 is 1.19 bits per heavy atom. The monoisotopic (exact) mass is 422 g/mol. The van der Waals surface area contributed by atoms with Crippen molar-refractivity contribution in [2.75, 3.05) is 18.2 Å². The molecule has 1 amide bonds. The molecule has 3 rings (SSSR count). The van der Waals surface area contributed by atoms with Gasteiger partial charge in [0.15, 0.2) is 0 Å². The van der Waals surface area contributed by atoms with E-state index in [1.165, 1.54) is 24.9 Å². The number of halogens is 2. The predicted octanol–water partition coefficient (Wildman–Crippen LogP) is 4.58. The van der Waals surface area contributed by atoms with Crippen LogP contribution in [-0.2, 0) is 11.8 Å². The van der Waals surface area contributed by atoms with Crippen LogP contribution in [0.4, 0.5) is 5.69 Å². The molecule has 140 valence electrons. The summed E-state index contributed by atoms with van der Waals surface area (Å²) in [7, 11) is 3.23. The van der Waals surface area contributed by atoms with E-state index in [9.17, 15) is 9.59 Å². The number of aryl methyl sites for hydroxylation is 1. The second-order valence-electron chi connectivity index (χ2n) is 5.75. The first-order valence-electron chi connectivity index (χ1n) is 7.94. The highest BCUT2D eigenvalue weighted by Crippen LogP contribution is 2.30. The smallest absolute Gasteiger partial charge is 0.251 e. The van der Waals surface area contributed by atoms with Crippen LogP contribution in [-0.4, -0.2) is 23.3 Å². The van der Waals surface area contributed by atoms with Gasteiger partial charge < -0.3 is 14.6 Å². The molecule has 0 bridgehead atoms. The van der Waals surface area contributed by atoms with Gasteiger partial charge in [0, 0.05) is 34.1 Å². The second-order valence-corrected chi connectivity index (χ2v) is 7.61. The first kappa shape index (κ1) is 19.6. The summed E-state index contributed by atoms with van der Waals surface area (Å²) >= 11 is 13.4. The van der Waals surface area contributed by atoms with E-state index in [-0.39, 0.29) is 17.2 Å². The normalized spacial score (nSPS) is 10.8. The molecule has 0 aliphatic rings. The molecule has 0 fully saturated rings. The van der Waals surface area contributed by atoms with Gasteiger partial charge in [0.1, 0.15) is 5.75 Å². The fourth-order valence-electron chi connectivity index (χ4n) is 2.61. The lowest BCUT2D eigenvalue weighted by molar-refractivity contribution is -0.113. The van der Waals surface area contributed by atoms with Crippen LogP contribution in [0.3, 0.4) is 0 Å². The lowest BCUT2D eigenvalue weighted by Gasteiger charge is -2.11. The number of carbonyl (C=O) groups is 1. The molecule has 1 heterocycles. The van der Waals surface area contributed by atoms with Gasteiger partial charge in [-0.1, -0.05) is 23.2 Å². The van der Waals surface area contributed by atoms with Crippen molar-refractivity contribution in [1.29, 1.82) is 0 Å². The number of nitrogens with zero attached hydrogens (tertiary/aromatic N) is 1. The maximum Gasteiger partial charge on any atom is 0.251 e. The predicted molar refractivity (Wildman–Crippen MR) is 112 cm³/mol. The average Bonchev–Trinajstić information content (AvgIpc) is 2.63. The van der Waals surface area contributed by atoms with E-state index in [0.29, 0.717) is 26.4 Å². The number of ether oxygens (including phenoxy) is 1. The fraction of sp³-hybridized carbons (Fsp3) is 0.158. The van der Waals surface area contributed by atoms with Crippen LogP contribution in [0.2, 0.25) is 10.0 Å². The van der Waals surface area contributed by atoms with E-state index < -0.39 is 0 Å². The Kier molecular flexibility index (Phi) is 5.99. The van der Waals surface area contributed by atoms with Crippen molar-refractivity contribution in [1.82, 2.24) is 4.57 Å². The summed E-state index contributed by atoms with van der Waals surface area (Å²) < 4.78 is 6.64. The van der Waals surface area contributed by atoms with Crippen LogP contribution >= 0.6 is 35.0 Å². The van der Waals surface area contributed by atoms with E-state index in [2.05, 4.69) is 5.32 Å². The Labute approximate surface area is 170 Å². The number of pyridine rings is 1. The van der Waals surface area contributed by atoms with Crippen molar-refractivity contribution < 1.29 is 9.53 Å². The summed E-state index contributed by atoms with van der Waals surface area (Å²) in [4.78, 5) is 25.2. The van der Waals surface area contributed by atoms with Gasteiger partial charge in [-0.05, 0) is 36.4 Å². The Hall–Kier alpha value is -2.15. The van der Waals surface area contributed by atoms with E-state index >= 15 is 0 Å². The summed E-state index contributed by atoms with van der Waals surface area (Å²) in [6.45, 7) is 0. The third-order valence-corrected chi connectivity index (χ3v) is 5.55. The molecule has 0 unspecified atom stereocenters. The zero-order valence-corrected chi connectivity index (χ0v) is 16.9. The first-order valence-corrected chi connectivity index (χ1v) is 9.68. The number of amides is 1. The molecule has 8 heteroatoms. The van der Waals surface area contributed by atoms with Gasteiger partial charge in [-0.25, -0.2) is 0 Å². The van der Waals surface area contributed by atoms with Crippen molar-refractivity contribution in [3.05, 3.63) is 62.9 Å². The molecule has 0 radical (unpaired) electrons. The number of nitrogens with one attached hydrogen (secondary N) is 1. The van der Waals surface area contributed by atoms with Crippen LogP contribution in [0.15, 0.2) is 52.2 Å². The fourth-order valence-corrected chi connectivity index (χ4v) is 3.90. The average molecular weight is 423 g/mol. The Morgan fingerprint density at radius 3 is 2.67 bits per heavy atom. The van der Waals surface area contributed by atoms with Crippen LogP contribution < -0.4 is 15.6 Å². The van der Waals surface area contributed by atoms with Crippen LogP contribution in [0.1, 0.15) is 0 Å². The van der Waals surface area contributed by atoms with Gasteiger partial charge in [-0.2, -0.15) is 0 Å². The number of hydrogen-bond acceptors (Lipinski definition) is 4. The number of rotatable bonds is 5. The van der Waals surface area contributed by atoms with Crippen molar-refractivity contribution >= 4 is 57.5 Å². The van der Waals surface area contributed by atoms with Crippen molar-refractivity contribution in [2.24, 2.45) is 7.05 Å². The van der Waals surface area contributed by atoms with E-state index in [0.717, 1.165) is 10.9 Å². The molecule has 2 aromatic carbocycles. The lowest BCUT2D eigenvalue weighted by Crippen LogP contribution is -2.17. The molecule has 0 spiro atoms. The van der Waals surface area contributed by atoms with Gasteiger partial charge in [-0.3, -0.25) is 9.59 Å². The van der Waals surface area contributed by atoms with Crippen LogP contribution in [0, 0.1) is 0 Å². The molecule has 0 saturated heterocycles. The number of thioether (sulfide) groups is 1. The summed E-state index contributed by atoms with van der Waals surface area (Å²) in [5, 5.41) is 4.59. The molecule has 27 heavy (non-hydrogen) atoms. The number of methoxy groups -OCH3 is 1. The molecule has 0 aliphatic carbocycles. The Bertz CT molecular complexity index is 1080. The minimum absolute atomic E-state index is 0.137. The highest BCUT2D eigenvalue weighted by atomic mass is 35.5. The Morgan fingerprint density at radius 2 is 1.96 bits per heavy atom. The van der Waals surface area contributed by atoms with Gasteiger partial charge in [-0.15, -0.1) is 11.8 Å². The molecule has 5 nitrogen and oxygen atoms in total. The second kappa shape index (κ2) is 8.25. The standard InChI is InChI=1S/C19H16Cl2N2O3S/c1-23-15-5-3-11(20)7-13(15)17(9-19(23)25)27-10-18(24)22-12-4-6-16(26-2)14(21)8-12/h3-9H,10H2,1-2H3,(H,22,24). The number of aromatic nitrogens is 1. The number of hydrogen-bond donors (Lipinski definition) is 1. The summed E-state index contributed by atoms with van der Waals surface area (Å²) in [6.07, 6.45) is 0. The third-order valence-electron chi connectivity index (χ3n) is 3.96. The molecular formula is C19H16Cl2N2O3S. The van der Waals surface area contributed by atoms with E-state index in [1.807, 2.05) is 0 Å². The molecule has 0 aliphatic heterocycles. The molecule has 0 atom stereocenters. The van der Waals surface area contributed by atoms with Gasteiger partial charge >= 0.3 is 0 Å². The minimum atomic E-state index is -0.211. The summed E-state index contributed by atoms with van der Waals surface area (Å²) in [5.74, 6) is 0.461. The van der Waals surface area contributed by atoms with Gasteiger partial charge in [0.05, 0.1) is 23.4 Å². The minimum Gasteiger partial charge on any atom is -0.495 e. The molecule has 1 N–H and O–H groups in total. The van der Waals surface area contributed by atoms with Crippen molar-refractivity contribution in [2.45, 2.75) is 4.90 Å². The Balaban J connectivity index is 1.77. The first-order chi connectivity index (χ1) is 12.9. The SMILES string of the molecule is COc1ccc(NC(=O)CSc2cc(=O)n(C)c3ccc(Cl)cc23)cc1Cl. The molecule has 3 aromatic rings. The van der Waals surface area contributed by atoms with Crippen LogP contribution in [0.5, 0.6) is 5.75 Å². The number of fused-ring (bicyclic) bond motifs is 1. The maximum atomic E-state index is 12.3. The topological polar surface area (TPSA) is 60.3 Å². The maximum absolute atomic E-state index is 12.3. The highest BCUT2D eigenvalue weighted by Gasteiger charge is 2.11. The van der Waals surface area contributed by atoms with E-state index in [4.69, 9.17) is 27.9 Å². The lowest BCUT2D eigenvalue weighted by atomic mass is 10.2. The summed E-state index contributed by atoms with van der Waals surface area (Å²) in [5.41, 5.74) is 1.19. The van der Waals surface area contributed by atoms with E-state index in [1.54, 1.807) is 48.0 Å². The largest absolute Gasteiger partial charge is 0.495 e. The van der Waals surface area contributed by atoms with Crippen molar-refractivity contribution in [3.63, 3.8) is 0 Å². The zero-order chi connectivity index (χ0) is 19.6.